The standard InChI is InChI=1S/C38H45F5N8O5/c1-48(18-6-20-56-19-5-8-24-7-3-10-28-33(24)49(2)37(55)51(28)29-16-17-31(52)46-36(29)54)21-23-12-14-25(15-13-23)50-22-27(32(47-50)34(39)40)45-35(53)26-9-4-11-30(44-26)38(41,42)43/h3-4,7,9-11,22-23,25,29,34H,5-6,8,12-21H2,1-2H3,(H,45,53)(H,46,52,54). The van der Waals surface area contributed by atoms with Crippen molar-refractivity contribution < 1.29 is 41.1 Å². The Kier molecular flexibility index (Phi) is 12.7. The summed E-state index contributed by atoms with van der Waals surface area (Å²) in [6, 6.07) is 7.59. The molecule has 2 N–H and O–H groups in total. The van der Waals surface area contributed by atoms with Gasteiger partial charge in [-0.15, -0.1) is 0 Å². The lowest BCUT2D eigenvalue weighted by Crippen LogP contribution is -2.44. The van der Waals surface area contributed by atoms with Crippen molar-refractivity contribution in [1.82, 2.24) is 34.1 Å². The van der Waals surface area contributed by atoms with E-state index in [2.05, 4.69) is 32.7 Å². The fraction of sp³-hybridized carbons (Fsp3) is 0.526. The second kappa shape index (κ2) is 17.4. The van der Waals surface area contributed by atoms with E-state index in [1.807, 2.05) is 18.2 Å². The molecule has 1 aromatic carbocycles. The van der Waals surface area contributed by atoms with Crippen molar-refractivity contribution in [2.24, 2.45) is 13.0 Å². The fourth-order valence-corrected chi connectivity index (χ4v) is 7.73. The van der Waals surface area contributed by atoms with Crippen LogP contribution in [0.15, 0.2) is 47.4 Å². The molecule has 1 saturated heterocycles. The Bertz CT molecular complexity index is 2100. The number of pyridine rings is 1. The zero-order chi connectivity index (χ0) is 40.1. The van der Waals surface area contributed by atoms with Crippen molar-refractivity contribution in [3.8, 4) is 0 Å². The Morgan fingerprint density at radius 3 is 2.48 bits per heavy atom. The topological polar surface area (TPSA) is 145 Å². The number of nitrogens with zero attached hydrogens (tertiary/aromatic N) is 6. The lowest BCUT2D eigenvalue weighted by atomic mass is 9.86. The molecular formula is C38H45F5N8O5. The normalized spacial score (nSPS) is 19.3. The molecule has 2 aliphatic rings. The molecule has 13 nitrogen and oxygen atoms in total. The number of carbonyl (C=O) groups is 3. The molecule has 18 heteroatoms. The highest BCUT2D eigenvalue weighted by Gasteiger charge is 2.34. The Morgan fingerprint density at radius 2 is 1.77 bits per heavy atom. The van der Waals surface area contributed by atoms with Crippen LogP contribution in [0, 0.1) is 5.92 Å². The zero-order valence-corrected chi connectivity index (χ0v) is 31.2. The summed E-state index contributed by atoms with van der Waals surface area (Å²) in [5, 5.41) is 8.65. The van der Waals surface area contributed by atoms with Crippen molar-refractivity contribution in [2.45, 2.75) is 82.5 Å². The maximum Gasteiger partial charge on any atom is 0.433 e. The molecule has 0 radical (unpaired) electrons. The molecular weight excluding hydrogens is 743 g/mol. The van der Waals surface area contributed by atoms with Crippen molar-refractivity contribution in [2.75, 3.05) is 38.7 Å². The number of benzene rings is 1. The first-order valence-electron chi connectivity index (χ1n) is 18.7. The molecule has 3 amide bonds. The Labute approximate surface area is 319 Å². The smallest absolute Gasteiger partial charge is 0.381 e. The van der Waals surface area contributed by atoms with Crippen molar-refractivity contribution in [1.29, 1.82) is 0 Å². The highest BCUT2D eigenvalue weighted by molar-refractivity contribution is 6.03. The minimum absolute atomic E-state index is 0.165. The Morgan fingerprint density at radius 1 is 1.04 bits per heavy atom. The number of imide groups is 1. The molecule has 1 unspecified atom stereocenters. The van der Waals surface area contributed by atoms with E-state index in [4.69, 9.17) is 4.74 Å². The third kappa shape index (κ3) is 9.34. The summed E-state index contributed by atoms with van der Waals surface area (Å²) in [6.45, 7) is 2.82. The zero-order valence-electron chi connectivity index (χ0n) is 31.2. The number of rotatable bonds is 15. The van der Waals surface area contributed by atoms with E-state index >= 15 is 0 Å². The number of piperidine rings is 1. The van der Waals surface area contributed by atoms with E-state index < -0.39 is 47.5 Å². The highest BCUT2D eigenvalue weighted by atomic mass is 19.4. The van der Waals surface area contributed by atoms with E-state index in [0.717, 1.165) is 68.1 Å². The molecule has 0 bridgehead atoms. The van der Waals surface area contributed by atoms with Gasteiger partial charge in [0.25, 0.3) is 12.3 Å². The molecule has 4 heterocycles. The molecule has 1 saturated carbocycles. The summed E-state index contributed by atoms with van der Waals surface area (Å²) in [5.41, 5.74) is -0.617. The van der Waals surface area contributed by atoms with Gasteiger partial charge < -0.3 is 15.0 Å². The summed E-state index contributed by atoms with van der Waals surface area (Å²) in [5.74, 6) is -1.44. The Balaban J connectivity index is 0.914. The number of halogens is 5. The molecule has 1 aliphatic carbocycles. The molecule has 6 rings (SSSR count). The lowest BCUT2D eigenvalue weighted by molar-refractivity contribution is -0.141. The summed E-state index contributed by atoms with van der Waals surface area (Å²) >= 11 is 0. The van der Waals surface area contributed by atoms with Crippen molar-refractivity contribution >= 4 is 34.4 Å². The van der Waals surface area contributed by atoms with Gasteiger partial charge in [0, 0.05) is 46.0 Å². The van der Waals surface area contributed by atoms with Gasteiger partial charge in [0.15, 0.2) is 5.69 Å². The van der Waals surface area contributed by atoms with Gasteiger partial charge in [-0.1, -0.05) is 18.2 Å². The SMILES string of the molecule is CN(CCCOCCCc1cccc2c1n(C)c(=O)n2C1CCC(=O)NC1=O)CC1CCC(n2cc(NC(=O)c3cccc(C(F)(F)F)n3)c(C(F)F)n2)CC1. The molecule has 56 heavy (non-hydrogen) atoms. The molecule has 0 spiro atoms. The molecule has 302 valence electrons. The first-order chi connectivity index (χ1) is 26.7. The number of nitrogens with one attached hydrogen (secondary N) is 2. The second-order valence-electron chi connectivity index (χ2n) is 14.5. The number of amides is 3. The number of carbonyl (C=O) groups excluding carboxylic acids is 3. The van der Waals surface area contributed by atoms with E-state index in [0.29, 0.717) is 43.9 Å². The van der Waals surface area contributed by atoms with Gasteiger partial charge in [-0.25, -0.2) is 18.6 Å². The number of alkyl halides is 5. The minimum Gasteiger partial charge on any atom is -0.381 e. The van der Waals surface area contributed by atoms with Gasteiger partial charge in [0.1, 0.15) is 17.4 Å². The molecule has 2 fully saturated rings. The van der Waals surface area contributed by atoms with Gasteiger partial charge >= 0.3 is 11.9 Å². The molecule has 4 aromatic rings. The number of anilines is 1. The summed E-state index contributed by atoms with van der Waals surface area (Å²) in [4.78, 5) is 55.6. The third-order valence-electron chi connectivity index (χ3n) is 10.5. The predicted molar refractivity (Wildman–Crippen MR) is 195 cm³/mol. The molecule has 3 aromatic heterocycles. The average Bonchev–Trinajstić information content (AvgIpc) is 3.69. The monoisotopic (exact) mass is 788 g/mol. The van der Waals surface area contributed by atoms with Crippen LogP contribution < -0.4 is 16.3 Å². The number of hydrogen-bond acceptors (Lipinski definition) is 8. The first kappa shape index (κ1) is 40.7. The number of para-hydroxylation sites is 1. The van der Waals surface area contributed by atoms with Crippen LogP contribution in [0.1, 0.15) is 97.3 Å². The quantitative estimate of drug-likeness (QED) is 0.0872. The average molecular weight is 789 g/mol. The number of ether oxygens (including phenoxy) is 1. The van der Waals surface area contributed by atoms with Gasteiger partial charge in [0.05, 0.1) is 22.8 Å². The second-order valence-corrected chi connectivity index (χ2v) is 14.5. The van der Waals surface area contributed by atoms with Gasteiger partial charge in [-0.3, -0.25) is 33.5 Å². The third-order valence-corrected chi connectivity index (χ3v) is 10.5. The number of aromatic nitrogens is 5. The summed E-state index contributed by atoms with van der Waals surface area (Å²) < 4.78 is 77.3. The largest absolute Gasteiger partial charge is 0.433 e. The van der Waals surface area contributed by atoms with E-state index in [1.165, 1.54) is 15.4 Å². The van der Waals surface area contributed by atoms with Crippen LogP contribution in [0.4, 0.5) is 27.6 Å². The van der Waals surface area contributed by atoms with Crippen LogP contribution in [-0.4, -0.2) is 79.9 Å². The van der Waals surface area contributed by atoms with Crippen LogP contribution in [-0.2, 0) is 34.0 Å². The van der Waals surface area contributed by atoms with Gasteiger partial charge in [-0.05, 0) is 88.1 Å². The van der Waals surface area contributed by atoms with Crippen LogP contribution in [0.5, 0.6) is 0 Å². The number of aryl methyl sites for hydroxylation is 2. The lowest BCUT2D eigenvalue weighted by Gasteiger charge is -2.31. The molecule has 1 atom stereocenters. The van der Waals surface area contributed by atoms with E-state index in [-0.39, 0.29) is 36.2 Å². The van der Waals surface area contributed by atoms with E-state index in [1.54, 1.807) is 11.6 Å². The summed E-state index contributed by atoms with van der Waals surface area (Å²) in [6.07, 6.45) is -0.660. The maximum absolute atomic E-state index is 13.9. The Hall–Kier alpha value is -4.97. The minimum atomic E-state index is -4.76. The number of hydrogen-bond donors (Lipinski definition) is 2. The van der Waals surface area contributed by atoms with Crippen molar-refractivity contribution in [3.05, 3.63) is 75.7 Å². The number of fused-ring (bicyclic) bond motifs is 1. The van der Waals surface area contributed by atoms with E-state index in [9.17, 15) is 41.1 Å². The molecule has 1 aliphatic heterocycles. The maximum atomic E-state index is 13.9. The van der Waals surface area contributed by atoms with Crippen LogP contribution in [0.3, 0.4) is 0 Å². The highest BCUT2D eigenvalue weighted by Crippen LogP contribution is 2.35. The van der Waals surface area contributed by atoms with Crippen LogP contribution in [0.2, 0.25) is 0 Å². The van der Waals surface area contributed by atoms with Crippen molar-refractivity contribution in [3.63, 3.8) is 0 Å². The number of imidazole rings is 1. The first-order valence-corrected chi connectivity index (χ1v) is 18.7. The fourth-order valence-electron chi connectivity index (χ4n) is 7.73. The predicted octanol–water partition coefficient (Wildman–Crippen LogP) is 5.82. The van der Waals surface area contributed by atoms with Crippen LogP contribution in [0.25, 0.3) is 11.0 Å². The van der Waals surface area contributed by atoms with Gasteiger partial charge in [-0.2, -0.15) is 18.3 Å². The summed E-state index contributed by atoms with van der Waals surface area (Å²) in [7, 11) is 3.74. The van der Waals surface area contributed by atoms with Gasteiger partial charge in [0.2, 0.25) is 11.8 Å². The van der Waals surface area contributed by atoms with Crippen LogP contribution >= 0.6 is 0 Å².